The summed E-state index contributed by atoms with van der Waals surface area (Å²) >= 11 is 0. The quantitative estimate of drug-likeness (QED) is 0.349. The summed E-state index contributed by atoms with van der Waals surface area (Å²) < 4.78 is 8.58. The minimum absolute atomic E-state index is 0.105. The van der Waals surface area contributed by atoms with E-state index in [1.807, 2.05) is 38.1 Å². The van der Waals surface area contributed by atoms with Crippen LogP contribution in [0, 0.1) is 26.7 Å². The lowest BCUT2D eigenvalue weighted by Gasteiger charge is -2.17. The largest absolute Gasteiger partial charge is 0.497 e. The first kappa shape index (κ1) is 25.2. The van der Waals surface area contributed by atoms with Gasteiger partial charge in [-0.25, -0.2) is 14.6 Å². The molecule has 1 fully saturated rings. The van der Waals surface area contributed by atoms with Gasteiger partial charge in [0.05, 0.1) is 36.0 Å². The molecule has 2 amide bonds. The third kappa shape index (κ3) is 4.35. The lowest BCUT2D eigenvalue weighted by atomic mass is 10.1. The number of ether oxygens (including phenoxy) is 1. The maximum atomic E-state index is 13.4. The van der Waals surface area contributed by atoms with Gasteiger partial charge >= 0.3 is 0 Å². The number of carbonyl (C=O) groups is 2. The van der Waals surface area contributed by atoms with Crippen molar-refractivity contribution in [2.75, 3.05) is 23.9 Å². The van der Waals surface area contributed by atoms with Gasteiger partial charge in [-0.3, -0.25) is 9.59 Å². The lowest BCUT2D eigenvalue weighted by molar-refractivity contribution is -0.122. The molecule has 6 rings (SSSR count). The molecule has 1 aliphatic heterocycles. The smallest absolute Gasteiger partial charge is 0.230 e. The Morgan fingerprint density at radius 2 is 1.85 bits per heavy atom. The summed E-state index contributed by atoms with van der Waals surface area (Å²) in [6.07, 6.45) is 3.29. The molecule has 4 heterocycles. The molecule has 11 heteroatoms. The number of nitrogens with zero attached hydrogens (tertiary/aromatic N) is 7. The normalized spacial score (nSPS) is 15.2. The summed E-state index contributed by atoms with van der Waals surface area (Å²) in [5.74, 6) is 0.764. The summed E-state index contributed by atoms with van der Waals surface area (Å²) in [4.78, 5) is 36.7. The average molecular weight is 537 g/mol. The highest BCUT2D eigenvalue weighted by atomic mass is 16.5. The van der Waals surface area contributed by atoms with E-state index in [1.165, 1.54) is 6.33 Å². The number of aryl methyl sites for hydroxylation is 2. The summed E-state index contributed by atoms with van der Waals surface area (Å²) in [6.45, 7) is 6.23. The van der Waals surface area contributed by atoms with Crippen molar-refractivity contribution < 1.29 is 14.3 Å². The molecule has 1 unspecified atom stereocenters. The zero-order valence-corrected chi connectivity index (χ0v) is 22.6. The van der Waals surface area contributed by atoms with E-state index in [0.717, 1.165) is 22.5 Å². The molecule has 1 aliphatic rings. The number of aromatic nitrogens is 6. The molecule has 0 aliphatic carbocycles. The van der Waals surface area contributed by atoms with Crippen LogP contribution in [0.25, 0.3) is 22.5 Å². The summed E-state index contributed by atoms with van der Waals surface area (Å²) in [5, 5.41) is 12.9. The van der Waals surface area contributed by atoms with E-state index < -0.39 is 5.92 Å². The number of amides is 2. The van der Waals surface area contributed by atoms with Gasteiger partial charge in [-0.05, 0) is 62.2 Å². The van der Waals surface area contributed by atoms with Crippen molar-refractivity contribution in [2.45, 2.75) is 27.2 Å². The van der Waals surface area contributed by atoms with Gasteiger partial charge in [-0.2, -0.15) is 14.9 Å². The molecule has 1 atom stereocenters. The zero-order chi connectivity index (χ0) is 28.0. The number of methoxy groups -OCH3 is 1. The van der Waals surface area contributed by atoms with Crippen molar-refractivity contribution >= 4 is 34.4 Å². The lowest BCUT2D eigenvalue weighted by Crippen LogP contribution is -2.28. The van der Waals surface area contributed by atoms with Crippen LogP contribution in [0.2, 0.25) is 0 Å². The fraction of sp³-hybridized carbons (Fsp3) is 0.241. The van der Waals surface area contributed by atoms with Crippen molar-refractivity contribution in [3.63, 3.8) is 0 Å². The van der Waals surface area contributed by atoms with E-state index in [2.05, 4.69) is 38.5 Å². The van der Waals surface area contributed by atoms with Gasteiger partial charge in [-0.15, -0.1) is 0 Å². The Morgan fingerprint density at radius 1 is 1.05 bits per heavy atom. The Labute approximate surface area is 230 Å². The zero-order valence-electron chi connectivity index (χ0n) is 22.6. The summed E-state index contributed by atoms with van der Waals surface area (Å²) in [5.41, 5.74) is 5.24. The third-order valence-electron chi connectivity index (χ3n) is 7.31. The van der Waals surface area contributed by atoms with Crippen molar-refractivity contribution in [1.29, 1.82) is 0 Å². The fourth-order valence-corrected chi connectivity index (χ4v) is 5.02. The Morgan fingerprint density at radius 3 is 2.62 bits per heavy atom. The third-order valence-corrected chi connectivity index (χ3v) is 7.31. The Balaban J connectivity index is 1.28. The van der Waals surface area contributed by atoms with Crippen LogP contribution >= 0.6 is 0 Å². The van der Waals surface area contributed by atoms with Crippen molar-refractivity contribution in [3.8, 4) is 17.3 Å². The highest BCUT2D eigenvalue weighted by Crippen LogP contribution is 2.29. The summed E-state index contributed by atoms with van der Waals surface area (Å²) in [7, 11) is 1.59. The molecular formula is C29H28N8O3. The first-order valence-electron chi connectivity index (χ1n) is 12.9. The Hall–Kier alpha value is -5.06. The van der Waals surface area contributed by atoms with Gasteiger partial charge in [-0.1, -0.05) is 12.1 Å². The molecule has 3 aromatic heterocycles. The maximum absolute atomic E-state index is 13.4. The van der Waals surface area contributed by atoms with Crippen LogP contribution in [0.3, 0.4) is 0 Å². The van der Waals surface area contributed by atoms with Crippen molar-refractivity contribution in [3.05, 3.63) is 77.9 Å². The number of hydrogen-bond acceptors (Lipinski definition) is 7. The first-order chi connectivity index (χ1) is 19.3. The molecule has 2 aromatic carbocycles. The molecular weight excluding hydrogens is 508 g/mol. The van der Waals surface area contributed by atoms with E-state index in [9.17, 15) is 9.59 Å². The Kier molecular flexibility index (Phi) is 6.25. The van der Waals surface area contributed by atoms with E-state index >= 15 is 0 Å². The minimum atomic E-state index is -0.518. The topological polar surface area (TPSA) is 120 Å². The van der Waals surface area contributed by atoms with Crippen LogP contribution in [0.1, 0.15) is 23.2 Å². The van der Waals surface area contributed by atoms with Crippen LogP contribution < -0.4 is 15.0 Å². The maximum Gasteiger partial charge on any atom is 0.230 e. The Bertz CT molecular complexity index is 1760. The second kappa shape index (κ2) is 9.92. The minimum Gasteiger partial charge on any atom is -0.497 e. The van der Waals surface area contributed by atoms with Gasteiger partial charge < -0.3 is 15.0 Å². The van der Waals surface area contributed by atoms with E-state index in [1.54, 1.807) is 45.8 Å². The van der Waals surface area contributed by atoms with Gasteiger partial charge in [0.15, 0.2) is 11.5 Å². The number of fused-ring (bicyclic) bond motifs is 1. The van der Waals surface area contributed by atoms with Gasteiger partial charge in [0.1, 0.15) is 17.9 Å². The number of rotatable bonds is 6. The van der Waals surface area contributed by atoms with E-state index in [4.69, 9.17) is 4.74 Å². The van der Waals surface area contributed by atoms with Crippen LogP contribution in [-0.4, -0.2) is 55.0 Å². The molecule has 0 radical (unpaired) electrons. The molecule has 1 N–H and O–H groups in total. The standard InChI is InChI=1S/C29H28N8O3/c1-17-6-5-7-24(19(17)3)36-27-23(14-32-36)28(31-16-30-27)37-25(12-18(2)34-37)33-29(39)20-13-26(38)35(15-20)21-8-10-22(40-4)11-9-21/h5-12,14,16,20H,13,15H2,1-4H3,(H,33,39). The van der Waals surface area contributed by atoms with E-state index in [0.29, 0.717) is 34.1 Å². The highest BCUT2D eigenvalue weighted by molar-refractivity contribution is 6.03. The average Bonchev–Trinajstić information content (AvgIpc) is 3.66. The first-order valence-corrected chi connectivity index (χ1v) is 12.9. The van der Waals surface area contributed by atoms with Crippen LogP contribution in [-0.2, 0) is 9.59 Å². The second-order valence-corrected chi connectivity index (χ2v) is 9.89. The molecule has 5 aromatic rings. The molecule has 40 heavy (non-hydrogen) atoms. The predicted molar refractivity (Wildman–Crippen MR) is 150 cm³/mol. The van der Waals surface area contributed by atoms with E-state index in [-0.39, 0.29) is 24.8 Å². The molecule has 0 bridgehead atoms. The SMILES string of the molecule is COc1ccc(N2CC(C(=O)Nc3cc(C)nn3-c3ncnc4c3cnn4-c3cccc(C)c3C)CC2=O)cc1. The molecule has 1 saturated heterocycles. The number of nitrogens with one attached hydrogen (secondary N) is 1. The van der Waals surface area contributed by atoms with Crippen LogP contribution in [0.4, 0.5) is 11.5 Å². The predicted octanol–water partition coefficient (Wildman–Crippen LogP) is 3.93. The van der Waals surface area contributed by atoms with Crippen molar-refractivity contribution in [2.24, 2.45) is 5.92 Å². The molecule has 0 spiro atoms. The van der Waals surface area contributed by atoms with Gasteiger partial charge in [0, 0.05) is 24.7 Å². The molecule has 0 saturated carbocycles. The second-order valence-electron chi connectivity index (χ2n) is 9.89. The molecule has 202 valence electrons. The summed E-state index contributed by atoms with van der Waals surface area (Å²) in [6, 6.07) is 15.0. The fourth-order valence-electron chi connectivity index (χ4n) is 5.02. The highest BCUT2D eigenvalue weighted by Gasteiger charge is 2.35. The number of anilines is 2. The van der Waals surface area contributed by atoms with Gasteiger partial charge in [0.2, 0.25) is 11.8 Å². The molecule has 11 nitrogen and oxygen atoms in total. The van der Waals surface area contributed by atoms with Crippen molar-refractivity contribution in [1.82, 2.24) is 29.5 Å². The van der Waals surface area contributed by atoms with Crippen LogP contribution in [0.15, 0.2) is 61.1 Å². The number of benzene rings is 2. The number of carbonyl (C=O) groups excluding carboxylic acids is 2. The monoisotopic (exact) mass is 536 g/mol. The van der Waals surface area contributed by atoms with Gasteiger partial charge in [0.25, 0.3) is 0 Å². The number of hydrogen-bond donors (Lipinski definition) is 1. The van der Waals surface area contributed by atoms with Crippen LogP contribution in [0.5, 0.6) is 5.75 Å².